The molecule has 24 heavy (non-hydrogen) atoms. The Balaban J connectivity index is 1.85. The standard InChI is InChI=1S/C15H10ClFN2O4S/c16-7-2-1-3-8(17)11(7)13(21)19-15-18-9-4-6(14(22)23)5-10(20)12(9)24-15/h1-3,6H,4-5H2,(H,22,23)(H,18,19,21)/t6-/m1/s1. The topological polar surface area (TPSA) is 96.4 Å². The zero-order chi connectivity index (χ0) is 17.4. The molecule has 6 nitrogen and oxygen atoms in total. The smallest absolute Gasteiger partial charge is 0.307 e. The molecule has 1 aromatic heterocycles. The lowest BCUT2D eigenvalue weighted by atomic mass is 9.90. The van der Waals surface area contributed by atoms with Crippen LogP contribution in [-0.2, 0) is 11.2 Å². The van der Waals surface area contributed by atoms with Crippen molar-refractivity contribution in [3.8, 4) is 0 Å². The van der Waals surface area contributed by atoms with Crippen LogP contribution in [-0.4, -0.2) is 27.8 Å². The number of aliphatic carboxylic acids is 1. The van der Waals surface area contributed by atoms with Gasteiger partial charge in [0.2, 0.25) is 0 Å². The highest BCUT2D eigenvalue weighted by molar-refractivity contribution is 7.17. The van der Waals surface area contributed by atoms with Crippen LogP contribution in [0.1, 0.15) is 32.1 Å². The average molecular weight is 369 g/mol. The Morgan fingerprint density at radius 1 is 1.38 bits per heavy atom. The first-order valence-electron chi connectivity index (χ1n) is 6.88. The van der Waals surface area contributed by atoms with Gasteiger partial charge in [0.05, 0.1) is 27.1 Å². The number of rotatable bonds is 3. The van der Waals surface area contributed by atoms with Crippen molar-refractivity contribution in [2.24, 2.45) is 5.92 Å². The van der Waals surface area contributed by atoms with Gasteiger partial charge in [0.15, 0.2) is 10.9 Å². The fourth-order valence-electron chi connectivity index (χ4n) is 2.43. The van der Waals surface area contributed by atoms with Crippen LogP contribution in [0.15, 0.2) is 18.2 Å². The van der Waals surface area contributed by atoms with Gasteiger partial charge in [-0.25, -0.2) is 9.37 Å². The summed E-state index contributed by atoms with van der Waals surface area (Å²) in [5.41, 5.74) is 0.0145. The number of hydrogen-bond acceptors (Lipinski definition) is 5. The van der Waals surface area contributed by atoms with Crippen molar-refractivity contribution in [2.45, 2.75) is 12.8 Å². The number of anilines is 1. The molecule has 9 heteroatoms. The predicted octanol–water partition coefficient (Wildman–Crippen LogP) is 3.02. The van der Waals surface area contributed by atoms with E-state index in [-0.39, 0.29) is 34.3 Å². The van der Waals surface area contributed by atoms with Gasteiger partial charge in [-0.3, -0.25) is 19.7 Å². The fraction of sp³-hybridized carbons (Fsp3) is 0.200. The normalized spacial score (nSPS) is 16.6. The predicted molar refractivity (Wildman–Crippen MR) is 85.3 cm³/mol. The van der Waals surface area contributed by atoms with Crippen molar-refractivity contribution in [2.75, 3.05) is 5.32 Å². The summed E-state index contributed by atoms with van der Waals surface area (Å²) >= 11 is 6.77. The summed E-state index contributed by atoms with van der Waals surface area (Å²) < 4.78 is 13.8. The molecule has 2 aromatic rings. The largest absolute Gasteiger partial charge is 0.481 e. The summed E-state index contributed by atoms with van der Waals surface area (Å²) in [6.45, 7) is 0. The molecule has 3 rings (SSSR count). The molecular weight excluding hydrogens is 359 g/mol. The van der Waals surface area contributed by atoms with Crippen molar-refractivity contribution in [3.05, 3.63) is 45.2 Å². The minimum Gasteiger partial charge on any atom is -0.481 e. The number of aromatic nitrogens is 1. The SMILES string of the molecule is O=C1C[C@H](C(=O)O)Cc2nc(NC(=O)c3c(F)cccc3Cl)sc21. The fourth-order valence-corrected chi connectivity index (χ4v) is 3.62. The van der Waals surface area contributed by atoms with Gasteiger partial charge in [-0.1, -0.05) is 29.0 Å². The zero-order valence-electron chi connectivity index (χ0n) is 12.0. The van der Waals surface area contributed by atoms with E-state index in [0.717, 1.165) is 17.4 Å². The van der Waals surface area contributed by atoms with E-state index >= 15 is 0 Å². The van der Waals surface area contributed by atoms with Crippen LogP contribution in [0.25, 0.3) is 0 Å². The van der Waals surface area contributed by atoms with Gasteiger partial charge < -0.3 is 5.11 Å². The maximum absolute atomic E-state index is 13.8. The second-order valence-electron chi connectivity index (χ2n) is 5.21. The number of thiazole rings is 1. The van der Waals surface area contributed by atoms with E-state index in [1.807, 2.05) is 0 Å². The molecule has 0 unspecified atom stereocenters. The van der Waals surface area contributed by atoms with Crippen molar-refractivity contribution in [1.29, 1.82) is 0 Å². The summed E-state index contributed by atoms with van der Waals surface area (Å²) in [5.74, 6) is -3.78. The van der Waals surface area contributed by atoms with E-state index in [2.05, 4.69) is 10.3 Å². The second kappa shape index (κ2) is 6.29. The number of halogens is 2. The first-order chi connectivity index (χ1) is 11.4. The molecule has 0 radical (unpaired) electrons. The number of carboxylic acids is 1. The Morgan fingerprint density at radius 3 is 2.79 bits per heavy atom. The molecule has 0 saturated carbocycles. The average Bonchev–Trinajstić information content (AvgIpc) is 2.89. The van der Waals surface area contributed by atoms with Crippen LogP contribution >= 0.6 is 22.9 Å². The summed E-state index contributed by atoms with van der Waals surface area (Å²) in [6, 6.07) is 3.86. The number of carbonyl (C=O) groups is 3. The Labute approximate surface area is 144 Å². The highest BCUT2D eigenvalue weighted by Crippen LogP contribution is 2.33. The van der Waals surface area contributed by atoms with Gasteiger partial charge in [0.25, 0.3) is 5.91 Å². The first-order valence-corrected chi connectivity index (χ1v) is 8.07. The van der Waals surface area contributed by atoms with E-state index in [1.165, 1.54) is 12.1 Å². The number of amides is 1. The number of Topliss-reactive ketones (excluding diaryl/α,β-unsaturated/α-hetero) is 1. The van der Waals surface area contributed by atoms with E-state index in [9.17, 15) is 18.8 Å². The minimum absolute atomic E-state index is 0.0455. The van der Waals surface area contributed by atoms with Gasteiger partial charge in [0, 0.05) is 12.8 Å². The maximum atomic E-state index is 13.8. The quantitative estimate of drug-likeness (QED) is 0.868. The zero-order valence-corrected chi connectivity index (χ0v) is 13.6. The molecule has 2 N–H and O–H groups in total. The molecule has 1 amide bonds. The molecule has 1 atom stereocenters. The van der Waals surface area contributed by atoms with Gasteiger partial charge in [-0.15, -0.1) is 0 Å². The van der Waals surface area contributed by atoms with Gasteiger partial charge in [-0.2, -0.15) is 0 Å². The summed E-state index contributed by atoms with van der Waals surface area (Å²) in [4.78, 5) is 39.6. The van der Waals surface area contributed by atoms with Crippen LogP contribution in [0.4, 0.5) is 9.52 Å². The molecule has 1 aromatic carbocycles. The van der Waals surface area contributed by atoms with E-state index in [1.54, 1.807) is 0 Å². The number of nitrogens with one attached hydrogen (secondary N) is 1. The van der Waals surface area contributed by atoms with E-state index in [0.29, 0.717) is 10.6 Å². The molecule has 0 saturated heterocycles. The molecule has 0 spiro atoms. The Bertz CT molecular complexity index is 847. The molecule has 1 heterocycles. The van der Waals surface area contributed by atoms with Crippen LogP contribution in [0.2, 0.25) is 5.02 Å². The van der Waals surface area contributed by atoms with Crippen molar-refractivity contribution >= 4 is 45.7 Å². The molecule has 1 aliphatic carbocycles. The lowest BCUT2D eigenvalue weighted by Gasteiger charge is -2.15. The van der Waals surface area contributed by atoms with Crippen LogP contribution in [0.5, 0.6) is 0 Å². The third-order valence-electron chi connectivity index (χ3n) is 3.58. The van der Waals surface area contributed by atoms with Gasteiger partial charge in [-0.05, 0) is 12.1 Å². The van der Waals surface area contributed by atoms with Crippen LogP contribution in [0, 0.1) is 11.7 Å². The number of nitrogens with zero attached hydrogens (tertiary/aromatic N) is 1. The number of hydrogen-bond donors (Lipinski definition) is 2. The van der Waals surface area contributed by atoms with Crippen molar-refractivity contribution in [3.63, 3.8) is 0 Å². The number of carboxylic acid groups (broad SMARTS) is 1. The molecule has 0 aliphatic heterocycles. The Kier molecular flexibility index (Phi) is 4.33. The van der Waals surface area contributed by atoms with Gasteiger partial charge >= 0.3 is 5.97 Å². The Hall–Kier alpha value is -2.32. The van der Waals surface area contributed by atoms with Crippen LogP contribution in [0.3, 0.4) is 0 Å². The molecule has 0 bridgehead atoms. The highest BCUT2D eigenvalue weighted by Gasteiger charge is 2.33. The van der Waals surface area contributed by atoms with E-state index < -0.39 is 23.6 Å². The summed E-state index contributed by atoms with van der Waals surface area (Å²) in [5, 5.41) is 11.5. The lowest BCUT2D eigenvalue weighted by molar-refractivity contribution is -0.141. The highest BCUT2D eigenvalue weighted by atomic mass is 35.5. The first kappa shape index (κ1) is 16.5. The number of fused-ring (bicyclic) bond motifs is 1. The summed E-state index contributed by atoms with van der Waals surface area (Å²) in [6.07, 6.45) is 0.0142. The third-order valence-corrected chi connectivity index (χ3v) is 4.95. The maximum Gasteiger partial charge on any atom is 0.307 e. The van der Waals surface area contributed by atoms with Crippen LogP contribution < -0.4 is 5.32 Å². The Morgan fingerprint density at radius 2 is 2.12 bits per heavy atom. The third kappa shape index (κ3) is 3.02. The molecular formula is C15H10ClFN2O4S. The minimum atomic E-state index is -1.06. The molecule has 1 aliphatic rings. The van der Waals surface area contributed by atoms with Crippen molar-refractivity contribution < 1.29 is 23.9 Å². The van der Waals surface area contributed by atoms with Crippen molar-refractivity contribution in [1.82, 2.24) is 4.98 Å². The second-order valence-corrected chi connectivity index (χ2v) is 6.62. The monoisotopic (exact) mass is 368 g/mol. The number of benzene rings is 1. The molecule has 124 valence electrons. The lowest BCUT2D eigenvalue weighted by Crippen LogP contribution is -2.25. The van der Waals surface area contributed by atoms with E-state index in [4.69, 9.17) is 16.7 Å². The number of carbonyl (C=O) groups excluding carboxylic acids is 2. The van der Waals surface area contributed by atoms with Gasteiger partial charge in [0.1, 0.15) is 5.82 Å². The summed E-state index contributed by atoms with van der Waals surface area (Å²) in [7, 11) is 0. The number of ketones is 1. The molecule has 0 fully saturated rings.